The number of methoxy groups -OCH3 is 1. The maximum Gasteiger partial charge on any atom is 0.322 e. The van der Waals surface area contributed by atoms with Crippen molar-refractivity contribution in [3.63, 3.8) is 0 Å². The van der Waals surface area contributed by atoms with Gasteiger partial charge in [0, 0.05) is 11.8 Å². The molecule has 0 spiro atoms. The van der Waals surface area contributed by atoms with Crippen molar-refractivity contribution < 1.29 is 9.53 Å². The highest BCUT2D eigenvalue weighted by atomic mass is 32.2. The molecule has 3 nitrogen and oxygen atoms in total. The van der Waals surface area contributed by atoms with Crippen LogP contribution in [0.5, 0.6) is 0 Å². The van der Waals surface area contributed by atoms with Gasteiger partial charge in [0.25, 0.3) is 0 Å². The van der Waals surface area contributed by atoms with Gasteiger partial charge in [0.1, 0.15) is 6.04 Å². The van der Waals surface area contributed by atoms with E-state index in [-0.39, 0.29) is 22.0 Å². The van der Waals surface area contributed by atoms with E-state index in [2.05, 4.69) is 96.3 Å². The van der Waals surface area contributed by atoms with Gasteiger partial charge in [0.15, 0.2) is 0 Å². The summed E-state index contributed by atoms with van der Waals surface area (Å²) in [7, 11) is 1.45. The normalized spacial score (nSPS) is 19.1. The Kier molecular flexibility index (Phi) is 6.02. The fourth-order valence-electron chi connectivity index (χ4n) is 4.09. The van der Waals surface area contributed by atoms with Crippen molar-refractivity contribution in [3.05, 3.63) is 108 Å². The van der Waals surface area contributed by atoms with Crippen LogP contribution < -0.4 is 5.32 Å². The van der Waals surface area contributed by atoms with E-state index in [1.165, 1.54) is 23.8 Å². The van der Waals surface area contributed by atoms with E-state index in [0.717, 1.165) is 13.0 Å². The molecule has 2 unspecified atom stereocenters. The van der Waals surface area contributed by atoms with Crippen molar-refractivity contribution in [1.29, 1.82) is 0 Å². The highest BCUT2D eigenvalue weighted by Crippen LogP contribution is 2.51. The number of ether oxygens (including phenoxy) is 1. The van der Waals surface area contributed by atoms with Crippen LogP contribution in [0.3, 0.4) is 0 Å². The van der Waals surface area contributed by atoms with Crippen molar-refractivity contribution in [2.45, 2.75) is 22.5 Å². The summed E-state index contributed by atoms with van der Waals surface area (Å²) in [5, 5.41) is 3.62. The number of hydrogen-bond acceptors (Lipinski definition) is 4. The zero-order valence-corrected chi connectivity index (χ0v) is 17.3. The van der Waals surface area contributed by atoms with Gasteiger partial charge < -0.3 is 10.1 Å². The number of carbonyl (C=O) groups is 1. The number of thioether (sulfide) groups is 1. The van der Waals surface area contributed by atoms with Gasteiger partial charge >= 0.3 is 5.97 Å². The first kappa shape index (κ1) is 19.7. The van der Waals surface area contributed by atoms with Gasteiger partial charge in [-0.25, -0.2) is 0 Å². The van der Waals surface area contributed by atoms with Crippen LogP contribution in [-0.2, 0) is 14.3 Å². The van der Waals surface area contributed by atoms with Gasteiger partial charge in [0.2, 0.25) is 0 Å². The first-order valence-electron chi connectivity index (χ1n) is 9.89. The predicted octanol–water partition coefficient (Wildman–Crippen LogP) is 4.62. The Bertz CT molecular complexity index is 834. The Morgan fingerprint density at radius 2 is 1.31 bits per heavy atom. The van der Waals surface area contributed by atoms with Crippen LogP contribution in [0.2, 0.25) is 0 Å². The van der Waals surface area contributed by atoms with Crippen LogP contribution in [0.4, 0.5) is 0 Å². The third-order valence-electron chi connectivity index (χ3n) is 5.46. The molecule has 0 saturated carbocycles. The SMILES string of the molecule is COC(=O)C1CC(SC(c2ccccc2)(c2ccccc2)c2ccccc2)CN1. The average molecular weight is 404 g/mol. The summed E-state index contributed by atoms with van der Waals surface area (Å²) < 4.78 is 4.60. The first-order chi connectivity index (χ1) is 14.2. The third-order valence-corrected chi connectivity index (χ3v) is 7.21. The fraction of sp³-hybridized carbons (Fsp3) is 0.240. The Labute approximate surface area is 176 Å². The molecular weight excluding hydrogens is 378 g/mol. The molecule has 29 heavy (non-hydrogen) atoms. The summed E-state index contributed by atoms with van der Waals surface area (Å²) >= 11 is 1.92. The maximum absolute atomic E-state index is 12.0. The largest absolute Gasteiger partial charge is 0.468 e. The zero-order chi connectivity index (χ0) is 20.1. The van der Waals surface area contributed by atoms with Crippen molar-refractivity contribution in [3.8, 4) is 0 Å². The Hall–Kier alpha value is -2.56. The lowest BCUT2D eigenvalue weighted by atomic mass is 9.84. The van der Waals surface area contributed by atoms with E-state index in [1.807, 2.05) is 11.8 Å². The zero-order valence-electron chi connectivity index (χ0n) is 16.5. The van der Waals surface area contributed by atoms with Crippen molar-refractivity contribution in [2.24, 2.45) is 0 Å². The van der Waals surface area contributed by atoms with Crippen molar-refractivity contribution in [2.75, 3.05) is 13.7 Å². The molecule has 4 rings (SSSR count). The molecule has 0 aromatic heterocycles. The molecule has 1 fully saturated rings. The lowest BCUT2D eigenvalue weighted by Gasteiger charge is -2.37. The van der Waals surface area contributed by atoms with Crippen LogP contribution in [-0.4, -0.2) is 30.9 Å². The third kappa shape index (κ3) is 3.96. The van der Waals surface area contributed by atoms with E-state index >= 15 is 0 Å². The second kappa shape index (κ2) is 8.85. The molecule has 3 aromatic carbocycles. The number of rotatable bonds is 6. The number of hydrogen-bond donors (Lipinski definition) is 1. The standard InChI is InChI=1S/C25H25NO2S/c1-28-24(27)23-17-22(18-26-23)29-25(19-11-5-2-6-12-19,20-13-7-3-8-14-20)21-15-9-4-10-16-21/h2-16,22-23,26H,17-18H2,1H3. The molecule has 0 aliphatic carbocycles. The molecule has 2 atom stereocenters. The molecule has 0 radical (unpaired) electrons. The van der Waals surface area contributed by atoms with Gasteiger partial charge in [-0.15, -0.1) is 11.8 Å². The number of nitrogens with one attached hydrogen (secondary N) is 1. The van der Waals surface area contributed by atoms with Crippen LogP contribution in [0.15, 0.2) is 91.0 Å². The van der Waals surface area contributed by atoms with Gasteiger partial charge in [-0.1, -0.05) is 91.0 Å². The minimum absolute atomic E-state index is 0.183. The van der Waals surface area contributed by atoms with Gasteiger partial charge in [-0.2, -0.15) is 0 Å². The van der Waals surface area contributed by atoms with Crippen LogP contribution in [0.25, 0.3) is 0 Å². The molecule has 1 N–H and O–H groups in total. The van der Waals surface area contributed by atoms with Crippen molar-refractivity contribution in [1.82, 2.24) is 5.32 Å². The van der Waals surface area contributed by atoms with Crippen LogP contribution >= 0.6 is 11.8 Å². The summed E-state index contributed by atoms with van der Waals surface area (Å²) in [6.45, 7) is 0.776. The Balaban J connectivity index is 1.82. The van der Waals surface area contributed by atoms with Crippen LogP contribution in [0.1, 0.15) is 23.1 Å². The molecule has 148 valence electrons. The molecule has 1 aliphatic heterocycles. The molecular formula is C25H25NO2S. The summed E-state index contributed by atoms with van der Waals surface area (Å²) in [6.07, 6.45) is 0.756. The van der Waals surface area contributed by atoms with Gasteiger partial charge in [-0.05, 0) is 23.1 Å². The summed E-state index contributed by atoms with van der Waals surface area (Å²) in [5.74, 6) is -0.183. The smallest absolute Gasteiger partial charge is 0.322 e. The Morgan fingerprint density at radius 3 is 1.72 bits per heavy atom. The minimum Gasteiger partial charge on any atom is -0.468 e. The van der Waals surface area contributed by atoms with Gasteiger partial charge in [0.05, 0.1) is 11.9 Å². The van der Waals surface area contributed by atoms with Gasteiger partial charge in [-0.3, -0.25) is 4.79 Å². The molecule has 0 amide bonds. The van der Waals surface area contributed by atoms with Crippen LogP contribution in [0, 0.1) is 0 Å². The lowest BCUT2D eigenvalue weighted by molar-refractivity contribution is -0.142. The number of carbonyl (C=O) groups excluding carboxylic acids is 1. The molecule has 3 aromatic rings. The lowest BCUT2D eigenvalue weighted by Crippen LogP contribution is -2.31. The van der Waals surface area contributed by atoms with Crippen molar-refractivity contribution >= 4 is 17.7 Å². The average Bonchev–Trinajstić information content (AvgIpc) is 3.27. The Morgan fingerprint density at radius 1 is 0.862 bits per heavy atom. The minimum atomic E-state index is -0.360. The van der Waals surface area contributed by atoms with E-state index in [9.17, 15) is 4.79 Å². The second-order valence-electron chi connectivity index (χ2n) is 7.24. The monoisotopic (exact) mass is 403 g/mol. The summed E-state index contributed by atoms with van der Waals surface area (Å²) in [5.41, 5.74) is 3.72. The molecule has 0 bridgehead atoms. The van der Waals surface area contributed by atoms with E-state index in [0.29, 0.717) is 0 Å². The summed E-state index contributed by atoms with van der Waals surface area (Å²) in [6, 6.07) is 31.7. The molecule has 1 saturated heterocycles. The number of esters is 1. The first-order valence-corrected chi connectivity index (χ1v) is 10.8. The summed E-state index contributed by atoms with van der Waals surface area (Å²) in [4.78, 5) is 12.0. The molecule has 4 heteroatoms. The second-order valence-corrected chi connectivity index (χ2v) is 8.75. The quantitative estimate of drug-likeness (QED) is 0.482. The van der Waals surface area contributed by atoms with E-state index < -0.39 is 0 Å². The van der Waals surface area contributed by atoms with E-state index in [4.69, 9.17) is 4.74 Å². The fourth-order valence-corrected chi connectivity index (χ4v) is 5.87. The highest BCUT2D eigenvalue weighted by molar-refractivity contribution is 8.01. The maximum atomic E-state index is 12.0. The molecule has 1 heterocycles. The number of benzene rings is 3. The predicted molar refractivity (Wildman–Crippen MR) is 119 cm³/mol. The van der Waals surface area contributed by atoms with E-state index in [1.54, 1.807) is 0 Å². The highest BCUT2D eigenvalue weighted by Gasteiger charge is 2.42. The molecule has 1 aliphatic rings. The topological polar surface area (TPSA) is 38.3 Å².